The van der Waals surface area contributed by atoms with Crippen LogP contribution in [0.25, 0.3) is 0 Å². The van der Waals surface area contributed by atoms with Crippen molar-refractivity contribution < 1.29 is 9.90 Å². The number of aliphatic hydroxyl groups is 1. The zero-order valence-corrected chi connectivity index (χ0v) is 13.0. The van der Waals surface area contributed by atoms with Crippen LogP contribution >= 0.6 is 0 Å². The van der Waals surface area contributed by atoms with Crippen LogP contribution in [0.1, 0.15) is 50.2 Å². The molecule has 2 atom stereocenters. The molecule has 1 amide bonds. The van der Waals surface area contributed by atoms with E-state index in [1.54, 1.807) is 0 Å². The molecule has 1 aromatic rings. The highest BCUT2D eigenvalue weighted by atomic mass is 16.3. The minimum absolute atomic E-state index is 0.0710. The molecule has 0 heterocycles. The number of amides is 1. The van der Waals surface area contributed by atoms with Gasteiger partial charge in [-0.1, -0.05) is 44.0 Å². The average molecular weight is 289 g/mol. The molecule has 116 valence electrons. The number of aliphatic hydroxyl groups excluding tert-OH is 1. The maximum Gasteiger partial charge on any atom is 0.224 e. The number of aryl methyl sites for hydroxylation is 1. The fraction of sp³-hybridized carbons (Fsp3) is 0.611. The molecular weight excluding hydrogens is 262 g/mol. The van der Waals surface area contributed by atoms with Crippen LogP contribution in [0.5, 0.6) is 0 Å². The lowest BCUT2D eigenvalue weighted by atomic mass is 10.0. The molecule has 3 nitrogen and oxygen atoms in total. The summed E-state index contributed by atoms with van der Waals surface area (Å²) in [6.07, 6.45) is 7.08. The topological polar surface area (TPSA) is 49.3 Å². The van der Waals surface area contributed by atoms with Crippen LogP contribution in [0.3, 0.4) is 0 Å². The Balaban J connectivity index is 1.82. The lowest BCUT2D eigenvalue weighted by Gasteiger charge is -2.19. The number of benzene rings is 1. The van der Waals surface area contributed by atoms with Crippen LogP contribution in [0.2, 0.25) is 0 Å². The van der Waals surface area contributed by atoms with E-state index < -0.39 is 0 Å². The first-order valence-corrected chi connectivity index (χ1v) is 8.21. The molecule has 0 aromatic heterocycles. The lowest BCUT2D eigenvalue weighted by Crippen LogP contribution is -2.39. The van der Waals surface area contributed by atoms with Gasteiger partial charge in [0.05, 0.1) is 6.42 Å². The number of unbranched alkanes of at least 4 members (excludes halogenated alkanes) is 1. The number of carbonyl (C=O) groups is 1. The van der Waals surface area contributed by atoms with E-state index in [0.29, 0.717) is 6.42 Å². The SMILES string of the molecule is CCCCc1ccc(CC(=O)NC2CCCC2CO)cc1. The summed E-state index contributed by atoms with van der Waals surface area (Å²) in [5.41, 5.74) is 2.41. The summed E-state index contributed by atoms with van der Waals surface area (Å²) < 4.78 is 0. The Morgan fingerprint density at radius 1 is 1.24 bits per heavy atom. The van der Waals surface area contributed by atoms with Crippen molar-refractivity contribution in [3.05, 3.63) is 35.4 Å². The Morgan fingerprint density at radius 3 is 2.62 bits per heavy atom. The fourth-order valence-corrected chi connectivity index (χ4v) is 3.09. The summed E-state index contributed by atoms with van der Waals surface area (Å²) in [4.78, 5) is 12.1. The van der Waals surface area contributed by atoms with Crippen molar-refractivity contribution in [1.82, 2.24) is 5.32 Å². The van der Waals surface area contributed by atoms with Gasteiger partial charge in [0.15, 0.2) is 0 Å². The van der Waals surface area contributed by atoms with Gasteiger partial charge in [0.25, 0.3) is 0 Å². The van der Waals surface area contributed by atoms with Crippen molar-refractivity contribution >= 4 is 5.91 Å². The molecule has 1 aliphatic carbocycles. The second-order valence-corrected chi connectivity index (χ2v) is 6.14. The summed E-state index contributed by atoms with van der Waals surface area (Å²) >= 11 is 0. The van der Waals surface area contributed by atoms with Crippen LogP contribution in [0.4, 0.5) is 0 Å². The highest BCUT2D eigenvalue weighted by Gasteiger charge is 2.27. The van der Waals surface area contributed by atoms with Crippen molar-refractivity contribution in [1.29, 1.82) is 0 Å². The second-order valence-electron chi connectivity index (χ2n) is 6.14. The zero-order chi connectivity index (χ0) is 15.1. The van der Waals surface area contributed by atoms with Gasteiger partial charge in [0, 0.05) is 18.6 Å². The van der Waals surface area contributed by atoms with Crippen LogP contribution < -0.4 is 5.32 Å². The van der Waals surface area contributed by atoms with Crippen molar-refractivity contribution in [3.8, 4) is 0 Å². The van der Waals surface area contributed by atoms with Crippen LogP contribution in [-0.4, -0.2) is 23.7 Å². The van der Waals surface area contributed by atoms with Gasteiger partial charge < -0.3 is 10.4 Å². The Hall–Kier alpha value is -1.35. The van der Waals surface area contributed by atoms with E-state index in [2.05, 4.69) is 36.5 Å². The minimum atomic E-state index is 0.0710. The minimum Gasteiger partial charge on any atom is -0.396 e. The molecule has 2 rings (SSSR count). The quantitative estimate of drug-likeness (QED) is 0.811. The molecule has 0 bridgehead atoms. The summed E-state index contributed by atoms with van der Waals surface area (Å²) in [6.45, 7) is 2.37. The first kappa shape index (κ1) is 16.0. The summed E-state index contributed by atoms with van der Waals surface area (Å²) in [5, 5.41) is 12.4. The van der Waals surface area contributed by atoms with Crippen molar-refractivity contribution in [2.75, 3.05) is 6.61 Å². The Bertz CT molecular complexity index is 441. The Labute approximate surface area is 127 Å². The largest absolute Gasteiger partial charge is 0.396 e. The van der Waals surface area contributed by atoms with E-state index in [-0.39, 0.29) is 24.5 Å². The van der Waals surface area contributed by atoms with Gasteiger partial charge in [-0.2, -0.15) is 0 Å². The van der Waals surface area contributed by atoms with Crippen molar-refractivity contribution in [2.45, 2.75) is 57.9 Å². The fourth-order valence-electron chi connectivity index (χ4n) is 3.09. The summed E-state index contributed by atoms with van der Waals surface area (Å²) in [6, 6.07) is 8.53. The van der Waals surface area contributed by atoms with Crippen molar-refractivity contribution in [2.24, 2.45) is 5.92 Å². The van der Waals surface area contributed by atoms with E-state index in [1.165, 1.54) is 18.4 Å². The van der Waals surface area contributed by atoms with Gasteiger partial charge in [0.1, 0.15) is 0 Å². The predicted octanol–water partition coefficient (Wildman–Crippen LogP) is 2.85. The molecule has 3 heteroatoms. The number of carbonyl (C=O) groups excluding carboxylic acids is 1. The average Bonchev–Trinajstić information content (AvgIpc) is 2.93. The normalized spacial score (nSPS) is 21.4. The highest BCUT2D eigenvalue weighted by Crippen LogP contribution is 2.25. The van der Waals surface area contributed by atoms with E-state index in [1.807, 2.05) is 0 Å². The van der Waals surface area contributed by atoms with Gasteiger partial charge in [-0.3, -0.25) is 4.79 Å². The molecule has 2 N–H and O–H groups in total. The smallest absolute Gasteiger partial charge is 0.224 e. The van der Waals surface area contributed by atoms with E-state index in [9.17, 15) is 9.90 Å². The highest BCUT2D eigenvalue weighted by molar-refractivity contribution is 5.78. The van der Waals surface area contributed by atoms with Gasteiger partial charge in [-0.05, 0) is 36.8 Å². The molecule has 1 fully saturated rings. The van der Waals surface area contributed by atoms with Crippen LogP contribution in [-0.2, 0) is 17.6 Å². The molecule has 1 aliphatic rings. The van der Waals surface area contributed by atoms with Crippen LogP contribution in [0, 0.1) is 5.92 Å². The number of hydrogen-bond acceptors (Lipinski definition) is 2. The first-order valence-electron chi connectivity index (χ1n) is 8.21. The summed E-state index contributed by atoms with van der Waals surface area (Å²) in [7, 11) is 0. The molecular formula is C18H27NO2. The van der Waals surface area contributed by atoms with Crippen LogP contribution in [0.15, 0.2) is 24.3 Å². The Kier molecular flexibility index (Phi) is 6.24. The van der Waals surface area contributed by atoms with E-state index >= 15 is 0 Å². The molecule has 0 spiro atoms. The molecule has 21 heavy (non-hydrogen) atoms. The third kappa shape index (κ3) is 4.85. The van der Waals surface area contributed by atoms with E-state index in [0.717, 1.165) is 31.2 Å². The number of nitrogens with one attached hydrogen (secondary N) is 1. The molecule has 1 saturated carbocycles. The standard InChI is InChI=1S/C18H27NO2/c1-2-3-5-14-8-10-15(11-9-14)12-18(21)19-17-7-4-6-16(17)13-20/h8-11,16-17,20H,2-7,12-13H2,1H3,(H,19,21). The third-order valence-electron chi connectivity index (χ3n) is 4.45. The van der Waals surface area contributed by atoms with Gasteiger partial charge in [0.2, 0.25) is 5.91 Å². The monoisotopic (exact) mass is 289 g/mol. The van der Waals surface area contributed by atoms with Crippen molar-refractivity contribution in [3.63, 3.8) is 0 Å². The maximum absolute atomic E-state index is 12.1. The second kappa shape index (κ2) is 8.18. The predicted molar refractivity (Wildman–Crippen MR) is 85.1 cm³/mol. The Morgan fingerprint density at radius 2 is 1.95 bits per heavy atom. The first-order chi connectivity index (χ1) is 10.2. The molecule has 1 aromatic carbocycles. The molecule has 0 saturated heterocycles. The van der Waals surface area contributed by atoms with Gasteiger partial charge in [-0.25, -0.2) is 0 Å². The molecule has 0 aliphatic heterocycles. The number of rotatable bonds is 7. The third-order valence-corrected chi connectivity index (χ3v) is 4.45. The van der Waals surface area contributed by atoms with E-state index in [4.69, 9.17) is 0 Å². The van der Waals surface area contributed by atoms with Gasteiger partial charge in [-0.15, -0.1) is 0 Å². The van der Waals surface area contributed by atoms with Gasteiger partial charge >= 0.3 is 0 Å². The lowest BCUT2D eigenvalue weighted by molar-refractivity contribution is -0.121. The zero-order valence-electron chi connectivity index (χ0n) is 13.0. The summed E-state index contributed by atoms with van der Waals surface area (Å²) in [5.74, 6) is 0.312. The molecule has 2 unspecified atom stereocenters. The maximum atomic E-state index is 12.1. The number of hydrogen-bond donors (Lipinski definition) is 2. The molecule has 0 radical (unpaired) electrons.